The number of rotatable bonds is 3. The summed E-state index contributed by atoms with van der Waals surface area (Å²) in [6, 6.07) is 0. The van der Waals surface area contributed by atoms with Crippen LogP contribution in [0.2, 0.25) is 0 Å². The van der Waals surface area contributed by atoms with Gasteiger partial charge in [0.25, 0.3) is 0 Å². The quantitative estimate of drug-likeness (QED) is 0.902. The summed E-state index contributed by atoms with van der Waals surface area (Å²) in [4.78, 5) is 2.20. The van der Waals surface area contributed by atoms with E-state index in [2.05, 4.69) is 28.9 Å². The number of ether oxygens (including phenoxy) is 1. The third kappa shape index (κ3) is 2.37. The van der Waals surface area contributed by atoms with Crippen molar-refractivity contribution in [1.82, 2.24) is 10.2 Å². The fourth-order valence-electron chi connectivity index (χ4n) is 2.45. The average molecular weight is 271 g/mol. The molecule has 0 amide bonds. The van der Waals surface area contributed by atoms with Gasteiger partial charge in [0.1, 0.15) is 5.01 Å². The van der Waals surface area contributed by atoms with Crippen molar-refractivity contribution in [1.29, 1.82) is 0 Å². The summed E-state index contributed by atoms with van der Waals surface area (Å²) >= 11 is 1.60. The molecule has 1 N–H and O–H groups in total. The molecular weight excluding hydrogens is 250 g/mol. The predicted molar refractivity (Wildman–Crippen MR) is 72.1 cm³/mol. The monoisotopic (exact) mass is 271 g/mol. The summed E-state index contributed by atoms with van der Waals surface area (Å²) in [5.74, 6) is 0. The van der Waals surface area contributed by atoms with Crippen LogP contribution in [-0.4, -0.2) is 47.7 Å². The van der Waals surface area contributed by atoms with Crippen molar-refractivity contribution in [2.24, 2.45) is 5.41 Å². The Morgan fingerprint density at radius 1 is 1.44 bits per heavy atom. The first kappa shape index (κ1) is 13.7. The first-order chi connectivity index (χ1) is 8.38. The molecule has 0 radical (unpaired) electrons. The highest BCUT2D eigenvalue weighted by Gasteiger charge is 2.48. The van der Waals surface area contributed by atoms with Crippen LogP contribution in [-0.2, 0) is 4.74 Å². The lowest BCUT2D eigenvalue weighted by atomic mass is 9.70. The lowest BCUT2D eigenvalue weighted by Crippen LogP contribution is -2.59. The Morgan fingerprint density at radius 2 is 2.17 bits per heavy atom. The third-order valence-corrected chi connectivity index (χ3v) is 4.71. The molecule has 0 aromatic carbocycles. The summed E-state index contributed by atoms with van der Waals surface area (Å²) in [6.45, 7) is 8.04. The minimum Gasteiger partial charge on any atom is -0.387 e. The molecule has 2 rings (SSSR count). The van der Waals surface area contributed by atoms with Crippen LogP contribution in [0.25, 0.3) is 0 Å². The van der Waals surface area contributed by atoms with Crippen LogP contribution < -0.4 is 4.90 Å². The number of hydrogen-bond acceptors (Lipinski definition) is 6. The number of piperidine rings is 1. The second kappa shape index (κ2) is 4.75. The SMILES string of the molecule is COC[C@]1(O)CCN(c2nnc(C)s2)CC1(C)C. The van der Waals surface area contributed by atoms with Gasteiger partial charge in [0.2, 0.25) is 5.13 Å². The molecule has 1 aromatic rings. The highest BCUT2D eigenvalue weighted by Crippen LogP contribution is 2.40. The van der Waals surface area contributed by atoms with Crippen LogP contribution in [0, 0.1) is 12.3 Å². The van der Waals surface area contributed by atoms with Crippen molar-refractivity contribution in [3.05, 3.63) is 5.01 Å². The van der Waals surface area contributed by atoms with E-state index in [-0.39, 0.29) is 5.41 Å². The molecule has 1 saturated heterocycles. The van der Waals surface area contributed by atoms with E-state index in [1.54, 1.807) is 18.4 Å². The van der Waals surface area contributed by atoms with Crippen LogP contribution in [0.3, 0.4) is 0 Å². The summed E-state index contributed by atoms with van der Waals surface area (Å²) in [5, 5.41) is 20.8. The maximum absolute atomic E-state index is 10.7. The number of hydrogen-bond donors (Lipinski definition) is 1. The summed E-state index contributed by atoms with van der Waals surface area (Å²) < 4.78 is 5.17. The topological polar surface area (TPSA) is 58.5 Å². The smallest absolute Gasteiger partial charge is 0.208 e. The minimum atomic E-state index is -0.766. The van der Waals surface area contributed by atoms with E-state index in [0.29, 0.717) is 13.0 Å². The molecule has 0 aliphatic carbocycles. The molecule has 102 valence electrons. The van der Waals surface area contributed by atoms with E-state index in [1.807, 2.05) is 6.92 Å². The zero-order valence-corrected chi connectivity index (χ0v) is 12.3. The van der Waals surface area contributed by atoms with Gasteiger partial charge in [-0.15, -0.1) is 10.2 Å². The first-order valence-corrected chi connectivity index (χ1v) is 6.96. The van der Waals surface area contributed by atoms with E-state index in [1.165, 1.54) is 0 Å². The van der Waals surface area contributed by atoms with Gasteiger partial charge in [-0.2, -0.15) is 0 Å². The Balaban J connectivity index is 2.15. The predicted octanol–water partition coefficient (Wildman–Crippen LogP) is 1.46. The molecule has 18 heavy (non-hydrogen) atoms. The molecule has 2 heterocycles. The molecule has 5 nitrogen and oxygen atoms in total. The number of anilines is 1. The van der Waals surface area contributed by atoms with Crippen molar-refractivity contribution in [2.75, 3.05) is 31.7 Å². The highest BCUT2D eigenvalue weighted by molar-refractivity contribution is 7.15. The van der Waals surface area contributed by atoms with Crippen molar-refractivity contribution in [2.45, 2.75) is 32.8 Å². The molecule has 0 bridgehead atoms. The van der Waals surface area contributed by atoms with Crippen LogP contribution in [0.15, 0.2) is 0 Å². The van der Waals surface area contributed by atoms with Gasteiger partial charge < -0.3 is 14.7 Å². The Morgan fingerprint density at radius 3 is 2.67 bits per heavy atom. The van der Waals surface area contributed by atoms with E-state index in [4.69, 9.17) is 4.74 Å². The van der Waals surface area contributed by atoms with Gasteiger partial charge in [-0.25, -0.2) is 0 Å². The molecule has 0 spiro atoms. The average Bonchev–Trinajstić information content (AvgIpc) is 2.70. The summed E-state index contributed by atoms with van der Waals surface area (Å²) in [5.41, 5.74) is -1.00. The van der Waals surface area contributed by atoms with Crippen molar-refractivity contribution < 1.29 is 9.84 Å². The number of aliphatic hydroxyl groups is 1. The Labute approximate surface area is 112 Å². The molecule has 1 aliphatic heterocycles. The first-order valence-electron chi connectivity index (χ1n) is 6.14. The number of nitrogens with zero attached hydrogens (tertiary/aromatic N) is 3. The molecule has 1 aliphatic rings. The Kier molecular flexibility index (Phi) is 3.62. The number of aryl methyl sites for hydroxylation is 1. The Bertz CT molecular complexity index is 421. The van der Waals surface area contributed by atoms with E-state index in [0.717, 1.165) is 23.2 Å². The van der Waals surface area contributed by atoms with Gasteiger partial charge in [-0.05, 0) is 13.3 Å². The van der Waals surface area contributed by atoms with Gasteiger partial charge >= 0.3 is 0 Å². The second-order valence-corrected chi connectivity index (χ2v) is 6.78. The summed E-state index contributed by atoms with van der Waals surface area (Å²) in [7, 11) is 1.63. The lowest BCUT2D eigenvalue weighted by molar-refractivity contribution is -0.122. The van der Waals surface area contributed by atoms with E-state index in [9.17, 15) is 5.11 Å². The second-order valence-electron chi connectivity index (χ2n) is 5.62. The lowest BCUT2D eigenvalue weighted by Gasteiger charge is -2.49. The number of methoxy groups -OCH3 is 1. The maximum Gasteiger partial charge on any atom is 0.208 e. The van der Waals surface area contributed by atoms with E-state index >= 15 is 0 Å². The van der Waals surface area contributed by atoms with Gasteiger partial charge in [-0.1, -0.05) is 25.2 Å². The zero-order valence-electron chi connectivity index (χ0n) is 11.4. The van der Waals surface area contributed by atoms with Crippen LogP contribution in [0.1, 0.15) is 25.3 Å². The van der Waals surface area contributed by atoms with Crippen molar-refractivity contribution in [3.63, 3.8) is 0 Å². The van der Waals surface area contributed by atoms with Crippen molar-refractivity contribution >= 4 is 16.5 Å². The van der Waals surface area contributed by atoms with Crippen LogP contribution >= 0.6 is 11.3 Å². The van der Waals surface area contributed by atoms with Gasteiger partial charge in [-0.3, -0.25) is 0 Å². The molecule has 0 unspecified atom stereocenters. The zero-order chi connectivity index (χ0) is 13.4. The molecule has 0 saturated carbocycles. The largest absolute Gasteiger partial charge is 0.387 e. The molecule has 1 atom stereocenters. The molecule has 6 heteroatoms. The summed E-state index contributed by atoms with van der Waals surface area (Å²) in [6.07, 6.45) is 0.687. The molecule has 1 aromatic heterocycles. The van der Waals surface area contributed by atoms with Crippen molar-refractivity contribution in [3.8, 4) is 0 Å². The fraction of sp³-hybridized carbons (Fsp3) is 0.833. The third-order valence-electron chi connectivity index (χ3n) is 3.81. The normalized spacial score (nSPS) is 27.5. The fourth-order valence-corrected chi connectivity index (χ4v) is 3.16. The minimum absolute atomic E-state index is 0.235. The van der Waals surface area contributed by atoms with Gasteiger partial charge in [0.05, 0.1) is 12.2 Å². The number of aromatic nitrogens is 2. The van der Waals surface area contributed by atoms with Gasteiger partial charge in [0, 0.05) is 25.6 Å². The highest BCUT2D eigenvalue weighted by atomic mass is 32.1. The molecular formula is C12H21N3O2S. The molecule has 1 fully saturated rings. The van der Waals surface area contributed by atoms with Crippen LogP contribution in [0.4, 0.5) is 5.13 Å². The van der Waals surface area contributed by atoms with Gasteiger partial charge in [0.15, 0.2) is 0 Å². The van der Waals surface area contributed by atoms with Crippen LogP contribution in [0.5, 0.6) is 0 Å². The maximum atomic E-state index is 10.7. The Hall–Kier alpha value is -0.720. The van der Waals surface area contributed by atoms with E-state index < -0.39 is 5.60 Å². The standard InChI is InChI=1S/C12H21N3O2S/c1-9-13-14-10(18-9)15-6-5-12(16,8-17-4)11(2,3)7-15/h16H,5-8H2,1-4H3/t12-/m1/s1.